The molecule has 0 aliphatic carbocycles. The highest BCUT2D eigenvalue weighted by atomic mass is 19.1. The predicted octanol–water partition coefficient (Wildman–Crippen LogP) is 1.02. The van der Waals surface area contributed by atoms with Crippen molar-refractivity contribution in [3.63, 3.8) is 0 Å². The fourth-order valence-corrected chi connectivity index (χ4v) is 0.711. The summed E-state index contributed by atoms with van der Waals surface area (Å²) in [5, 5.41) is 18.9. The Kier molecular flexibility index (Phi) is 1.82. The first-order valence-corrected chi connectivity index (χ1v) is 2.94. The highest BCUT2D eigenvalue weighted by molar-refractivity contribution is 5.58. The Labute approximate surface area is 66.4 Å². The summed E-state index contributed by atoms with van der Waals surface area (Å²) in [5.74, 6) is -1.86. The van der Waals surface area contributed by atoms with E-state index in [1.54, 1.807) is 0 Å². The van der Waals surface area contributed by atoms with Crippen molar-refractivity contribution in [1.29, 1.82) is 0 Å². The van der Waals surface area contributed by atoms with Crippen molar-refractivity contribution >= 4 is 11.4 Å². The van der Waals surface area contributed by atoms with Crippen LogP contribution >= 0.6 is 0 Å². The lowest BCUT2D eigenvalue weighted by Gasteiger charge is -1.98. The molecule has 0 bridgehead atoms. The third kappa shape index (κ3) is 1.26. The predicted molar refractivity (Wildman–Crippen MR) is 39.1 cm³/mol. The number of nitrogens with two attached hydrogens (primary N) is 1. The van der Waals surface area contributed by atoms with E-state index < -0.39 is 22.2 Å². The van der Waals surface area contributed by atoms with Gasteiger partial charge >= 0.3 is 0 Å². The van der Waals surface area contributed by atoms with Gasteiger partial charge in [0.2, 0.25) is 0 Å². The minimum absolute atomic E-state index is 0.346. The van der Waals surface area contributed by atoms with Crippen LogP contribution in [0.5, 0.6) is 5.75 Å². The van der Waals surface area contributed by atoms with Gasteiger partial charge in [-0.3, -0.25) is 10.1 Å². The van der Waals surface area contributed by atoms with Crippen molar-refractivity contribution in [3.8, 4) is 5.75 Å². The number of hydrogen-bond donors (Lipinski definition) is 2. The molecular formula is C6H5FN2O3. The maximum atomic E-state index is 12.6. The molecule has 1 rings (SSSR count). The van der Waals surface area contributed by atoms with Gasteiger partial charge in [-0.1, -0.05) is 0 Å². The van der Waals surface area contributed by atoms with E-state index >= 15 is 0 Å². The van der Waals surface area contributed by atoms with Gasteiger partial charge in [0.25, 0.3) is 5.69 Å². The number of phenolic OH excluding ortho intramolecular Hbond substituents is 1. The molecule has 0 unspecified atom stereocenters. The first kappa shape index (κ1) is 8.25. The summed E-state index contributed by atoms with van der Waals surface area (Å²) in [6.45, 7) is 0. The molecule has 0 saturated carbocycles. The van der Waals surface area contributed by atoms with E-state index in [4.69, 9.17) is 10.8 Å². The number of hydrogen-bond acceptors (Lipinski definition) is 4. The van der Waals surface area contributed by atoms with Crippen LogP contribution in [0.25, 0.3) is 0 Å². The molecule has 1 aromatic rings. The molecule has 0 spiro atoms. The molecule has 0 atom stereocenters. The van der Waals surface area contributed by atoms with E-state index in [-0.39, 0.29) is 5.69 Å². The van der Waals surface area contributed by atoms with Crippen LogP contribution in [0.1, 0.15) is 0 Å². The van der Waals surface area contributed by atoms with Gasteiger partial charge in [-0.2, -0.15) is 0 Å². The third-order valence-electron chi connectivity index (χ3n) is 1.29. The summed E-state index contributed by atoms with van der Waals surface area (Å²) in [6, 6.07) is 1.49. The Morgan fingerprint density at radius 1 is 1.58 bits per heavy atom. The van der Waals surface area contributed by atoms with E-state index in [2.05, 4.69) is 0 Å². The van der Waals surface area contributed by atoms with Crippen molar-refractivity contribution in [2.24, 2.45) is 0 Å². The van der Waals surface area contributed by atoms with Gasteiger partial charge in [0, 0.05) is 6.07 Å². The Balaban J connectivity index is 3.31. The van der Waals surface area contributed by atoms with E-state index in [9.17, 15) is 14.5 Å². The van der Waals surface area contributed by atoms with Crippen LogP contribution in [-0.4, -0.2) is 10.0 Å². The van der Waals surface area contributed by atoms with Gasteiger partial charge in [-0.05, 0) is 0 Å². The van der Waals surface area contributed by atoms with E-state index in [1.807, 2.05) is 0 Å². The number of nitro groups is 1. The second kappa shape index (κ2) is 2.65. The quantitative estimate of drug-likeness (QED) is 0.286. The van der Waals surface area contributed by atoms with Gasteiger partial charge < -0.3 is 10.8 Å². The molecule has 0 aromatic heterocycles. The number of phenols is 1. The molecule has 0 aliphatic rings. The lowest BCUT2D eigenvalue weighted by Crippen LogP contribution is -1.93. The summed E-state index contributed by atoms with van der Waals surface area (Å²) >= 11 is 0. The zero-order chi connectivity index (χ0) is 9.30. The fourth-order valence-electron chi connectivity index (χ4n) is 0.711. The number of nitro benzene ring substituents is 1. The molecule has 64 valence electrons. The Morgan fingerprint density at radius 2 is 2.17 bits per heavy atom. The summed E-state index contributed by atoms with van der Waals surface area (Å²) in [7, 11) is 0. The minimum atomic E-state index is -1.10. The number of nitrogens with zero attached hydrogens (tertiary/aromatic N) is 1. The number of non-ortho nitro benzene ring substituents is 1. The molecular weight excluding hydrogens is 167 g/mol. The maximum absolute atomic E-state index is 12.6. The lowest BCUT2D eigenvalue weighted by molar-refractivity contribution is -0.385. The number of aromatic hydroxyl groups is 1. The zero-order valence-corrected chi connectivity index (χ0v) is 5.82. The molecule has 1 aromatic carbocycles. The molecule has 5 nitrogen and oxygen atoms in total. The Morgan fingerprint density at radius 3 is 2.58 bits per heavy atom. The lowest BCUT2D eigenvalue weighted by atomic mass is 10.2. The van der Waals surface area contributed by atoms with Gasteiger partial charge in [0.1, 0.15) is 0 Å². The van der Waals surface area contributed by atoms with Crippen LogP contribution in [0.4, 0.5) is 15.8 Å². The van der Waals surface area contributed by atoms with Crippen molar-refractivity contribution in [3.05, 3.63) is 28.1 Å². The smallest absolute Gasteiger partial charge is 0.274 e. The fraction of sp³-hybridized carbons (Fsp3) is 0. The molecule has 0 saturated heterocycles. The molecule has 0 amide bonds. The largest absolute Gasteiger partial charge is 0.503 e. The zero-order valence-electron chi connectivity index (χ0n) is 5.82. The van der Waals surface area contributed by atoms with Crippen molar-refractivity contribution in [2.45, 2.75) is 0 Å². The van der Waals surface area contributed by atoms with Crippen molar-refractivity contribution in [2.75, 3.05) is 5.73 Å². The molecule has 12 heavy (non-hydrogen) atoms. The van der Waals surface area contributed by atoms with E-state index in [1.165, 1.54) is 0 Å². The summed E-state index contributed by atoms with van der Waals surface area (Å²) in [5.41, 5.74) is 4.24. The Hall–Kier alpha value is -1.85. The van der Waals surface area contributed by atoms with Crippen molar-refractivity contribution in [1.82, 2.24) is 0 Å². The molecule has 0 fully saturated rings. The first-order valence-electron chi connectivity index (χ1n) is 2.94. The number of benzene rings is 1. The van der Waals surface area contributed by atoms with Crippen LogP contribution < -0.4 is 5.73 Å². The maximum Gasteiger partial charge on any atom is 0.274 e. The molecule has 6 heteroatoms. The monoisotopic (exact) mass is 172 g/mol. The van der Waals surface area contributed by atoms with E-state index in [0.29, 0.717) is 6.07 Å². The highest BCUT2D eigenvalue weighted by Crippen LogP contribution is 2.28. The third-order valence-corrected chi connectivity index (χ3v) is 1.29. The normalized spacial score (nSPS) is 9.75. The van der Waals surface area contributed by atoms with Crippen LogP contribution in [0, 0.1) is 15.9 Å². The average Bonchev–Trinajstić information content (AvgIpc) is 1.99. The number of nitrogen functional groups attached to an aromatic ring is 1. The summed E-state index contributed by atoms with van der Waals surface area (Å²) in [6.07, 6.45) is 0. The van der Waals surface area contributed by atoms with E-state index in [0.717, 1.165) is 6.07 Å². The van der Waals surface area contributed by atoms with Gasteiger partial charge in [0.15, 0.2) is 11.6 Å². The highest BCUT2D eigenvalue weighted by Gasteiger charge is 2.13. The molecule has 3 N–H and O–H groups in total. The molecule has 0 aliphatic heterocycles. The SMILES string of the molecule is Nc1cc([N+](=O)[O-])cc(F)c1O. The second-order valence-corrected chi connectivity index (χ2v) is 2.12. The van der Waals surface area contributed by atoms with Crippen LogP contribution in [0.15, 0.2) is 12.1 Å². The topological polar surface area (TPSA) is 89.4 Å². The molecule has 0 heterocycles. The number of halogens is 1. The standard InChI is InChI=1S/C6H5FN2O3/c7-4-1-3(9(11)12)2-5(8)6(4)10/h1-2,10H,8H2. The summed E-state index contributed by atoms with van der Waals surface area (Å²) < 4.78 is 12.6. The van der Waals surface area contributed by atoms with Gasteiger partial charge in [0.05, 0.1) is 16.7 Å². The second-order valence-electron chi connectivity index (χ2n) is 2.12. The number of anilines is 1. The first-order chi connectivity index (χ1) is 5.52. The van der Waals surface area contributed by atoms with Crippen LogP contribution in [0.2, 0.25) is 0 Å². The van der Waals surface area contributed by atoms with Crippen LogP contribution in [-0.2, 0) is 0 Å². The van der Waals surface area contributed by atoms with Gasteiger partial charge in [-0.15, -0.1) is 0 Å². The summed E-state index contributed by atoms with van der Waals surface area (Å²) in [4.78, 5) is 9.33. The van der Waals surface area contributed by atoms with Gasteiger partial charge in [-0.25, -0.2) is 4.39 Å². The average molecular weight is 172 g/mol. The molecule has 0 radical (unpaired) electrons. The Bertz CT molecular complexity index is 317. The van der Waals surface area contributed by atoms with Crippen LogP contribution in [0.3, 0.4) is 0 Å². The minimum Gasteiger partial charge on any atom is -0.503 e. The van der Waals surface area contributed by atoms with Crippen molar-refractivity contribution < 1.29 is 14.4 Å². The number of rotatable bonds is 1.